The minimum Gasteiger partial charge on any atom is -0.481 e. The van der Waals surface area contributed by atoms with Crippen molar-refractivity contribution in [3.63, 3.8) is 0 Å². The van der Waals surface area contributed by atoms with Crippen LogP contribution in [0.2, 0.25) is 0 Å². The minimum atomic E-state index is -0.737. The number of carbonyl (C=O) groups is 1. The highest BCUT2D eigenvalue weighted by Crippen LogP contribution is 2.40. The molecule has 0 amide bonds. The first kappa shape index (κ1) is 11.5. The normalized spacial score (nSPS) is 32.0. The Hall–Kier alpha value is -0.610. The van der Waals surface area contributed by atoms with Gasteiger partial charge < -0.3 is 14.6 Å². The number of carboxylic acid groups (broad SMARTS) is 1. The summed E-state index contributed by atoms with van der Waals surface area (Å²) in [5.41, 5.74) is 0.0130. The Labute approximate surface area is 84.2 Å². The van der Waals surface area contributed by atoms with Gasteiger partial charge in [-0.05, 0) is 18.3 Å². The lowest BCUT2D eigenvalue weighted by Gasteiger charge is -2.24. The number of carboxylic acids is 1. The van der Waals surface area contributed by atoms with Gasteiger partial charge in [-0.25, -0.2) is 0 Å². The summed E-state index contributed by atoms with van der Waals surface area (Å²) in [6, 6.07) is 0. The highest BCUT2D eigenvalue weighted by molar-refractivity contribution is 5.66. The van der Waals surface area contributed by atoms with Crippen molar-refractivity contribution in [1.29, 1.82) is 0 Å². The second-order valence-electron chi connectivity index (χ2n) is 3.93. The maximum Gasteiger partial charge on any atom is 0.303 e. The molecule has 1 N–H and O–H groups in total. The molecule has 0 aromatic rings. The van der Waals surface area contributed by atoms with E-state index in [4.69, 9.17) is 14.6 Å². The van der Waals surface area contributed by atoms with Crippen LogP contribution in [0.4, 0.5) is 0 Å². The van der Waals surface area contributed by atoms with Gasteiger partial charge >= 0.3 is 5.97 Å². The molecular formula is C10H18O4. The van der Waals surface area contributed by atoms with Crippen molar-refractivity contribution in [3.8, 4) is 0 Å². The van der Waals surface area contributed by atoms with E-state index in [0.29, 0.717) is 13.0 Å². The van der Waals surface area contributed by atoms with Crippen molar-refractivity contribution in [2.75, 3.05) is 13.7 Å². The van der Waals surface area contributed by atoms with Crippen LogP contribution in [0.15, 0.2) is 0 Å². The Morgan fingerprint density at radius 2 is 2.43 bits per heavy atom. The highest BCUT2D eigenvalue weighted by atomic mass is 16.7. The van der Waals surface area contributed by atoms with E-state index in [-0.39, 0.29) is 18.1 Å². The van der Waals surface area contributed by atoms with Crippen LogP contribution < -0.4 is 0 Å². The lowest BCUT2D eigenvalue weighted by atomic mass is 9.80. The fourth-order valence-electron chi connectivity index (χ4n) is 1.86. The number of hydrogen-bond acceptors (Lipinski definition) is 3. The number of rotatable bonds is 5. The molecule has 4 heteroatoms. The number of aliphatic carboxylic acids is 1. The molecule has 0 radical (unpaired) electrons. The minimum absolute atomic E-state index is 0.0130. The first-order chi connectivity index (χ1) is 6.62. The first-order valence-corrected chi connectivity index (χ1v) is 4.98. The predicted octanol–water partition coefficient (Wildman–Crippen LogP) is 1.64. The fourth-order valence-corrected chi connectivity index (χ4v) is 1.86. The summed E-state index contributed by atoms with van der Waals surface area (Å²) in [6.45, 7) is 2.69. The molecule has 0 bridgehead atoms. The smallest absolute Gasteiger partial charge is 0.303 e. The Balaban J connectivity index is 2.47. The standard InChI is InChI=1S/C10H18O4/c1-3-10(5-4-8(11)12)6-9(13-2)14-7-10/h9H,3-7H2,1-2H3,(H,11,12). The summed E-state index contributed by atoms with van der Waals surface area (Å²) < 4.78 is 10.5. The molecule has 0 saturated carbocycles. The van der Waals surface area contributed by atoms with Crippen LogP contribution in [0, 0.1) is 5.41 Å². The molecule has 1 aliphatic rings. The van der Waals surface area contributed by atoms with Gasteiger partial charge in [0.1, 0.15) is 0 Å². The Bertz CT molecular complexity index is 204. The van der Waals surface area contributed by atoms with Gasteiger partial charge in [0, 0.05) is 20.0 Å². The molecule has 1 aliphatic heterocycles. The van der Waals surface area contributed by atoms with E-state index in [1.165, 1.54) is 0 Å². The molecule has 0 aromatic heterocycles. The summed E-state index contributed by atoms with van der Waals surface area (Å²) in [5.74, 6) is -0.737. The van der Waals surface area contributed by atoms with Crippen molar-refractivity contribution in [2.45, 2.75) is 38.9 Å². The summed E-state index contributed by atoms with van der Waals surface area (Å²) in [4.78, 5) is 10.5. The van der Waals surface area contributed by atoms with E-state index in [1.54, 1.807) is 7.11 Å². The molecule has 82 valence electrons. The molecule has 2 unspecified atom stereocenters. The molecular weight excluding hydrogens is 184 g/mol. The van der Waals surface area contributed by atoms with Crippen molar-refractivity contribution in [1.82, 2.24) is 0 Å². The highest BCUT2D eigenvalue weighted by Gasteiger charge is 2.38. The zero-order chi connectivity index (χ0) is 10.6. The van der Waals surface area contributed by atoms with Crippen LogP contribution in [0.1, 0.15) is 32.6 Å². The molecule has 0 aliphatic carbocycles. The average molecular weight is 202 g/mol. The van der Waals surface area contributed by atoms with Crippen LogP contribution in [0.5, 0.6) is 0 Å². The quantitative estimate of drug-likeness (QED) is 0.736. The predicted molar refractivity (Wildman–Crippen MR) is 51.0 cm³/mol. The molecule has 2 atom stereocenters. The third-order valence-corrected chi connectivity index (χ3v) is 3.06. The number of ether oxygens (including phenoxy) is 2. The van der Waals surface area contributed by atoms with Crippen LogP contribution in [-0.2, 0) is 14.3 Å². The van der Waals surface area contributed by atoms with Crippen LogP contribution in [-0.4, -0.2) is 31.1 Å². The van der Waals surface area contributed by atoms with Crippen molar-refractivity contribution >= 4 is 5.97 Å². The van der Waals surface area contributed by atoms with Gasteiger partial charge in [0.15, 0.2) is 6.29 Å². The van der Waals surface area contributed by atoms with E-state index in [2.05, 4.69) is 6.92 Å². The Morgan fingerprint density at radius 3 is 2.86 bits per heavy atom. The van der Waals surface area contributed by atoms with Gasteiger partial charge in [-0.1, -0.05) is 6.92 Å². The summed E-state index contributed by atoms with van der Waals surface area (Å²) in [5, 5.41) is 8.63. The largest absolute Gasteiger partial charge is 0.481 e. The molecule has 1 saturated heterocycles. The topological polar surface area (TPSA) is 55.8 Å². The van der Waals surface area contributed by atoms with Crippen LogP contribution in [0.25, 0.3) is 0 Å². The van der Waals surface area contributed by atoms with E-state index in [0.717, 1.165) is 12.8 Å². The van der Waals surface area contributed by atoms with Crippen LogP contribution >= 0.6 is 0 Å². The molecule has 1 fully saturated rings. The first-order valence-electron chi connectivity index (χ1n) is 4.98. The van der Waals surface area contributed by atoms with Gasteiger partial charge in [-0.2, -0.15) is 0 Å². The maximum atomic E-state index is 10.5. The second-order valence-corrected chi connectivity index (χ2v) is 3.93. The van der Waals surface area contributed by atoms with Crippen molar-refractivity contribution in [2.24, 2.45) is 5.41 Å². The Kier molecular flexibility index (Phi) is 3.89. The molecule has 14 heavy (non-hydrogen) atoms. The Morgan fingerprint density at radius 1 is 1.71 bits per heavy atom. The SMILES string of the molecule is CCC1(CCC(=O)O)COC(OC)C1. The third kappa shape index (κ3) is 2.69. The van der Waals surface area contributed by atoms with Gasteiger partial charge in [0.25, 0.3) is 0 Å². The van der Waals surface area contributed by atoms with Gasteiger partial charge in [-0.15, -0.1) is 0 Å². The molecule has 1 rings (SSSR count). The fraction of sp³-hybridized carbons (Fsp3) is 0.900. The lowest BCUT2D eigenvalue weighted by Crippen LogP contribution is -2.21. The van der Waals surface area contributed by atoms with Gasteiger partial charge in [0.05, 0.1) is 6.61 Å². The van der Waals surface area contributed by atoms with E-state index < -0.39 is 5.97 Å². The van der Waals surface area contributed by atoms with Crippen molar-refractivity contribution in [3.05, 3.63) is 0 Å². The van der Waals surface area contributed by atoms with Gasteiger partial charge in [0.2, 0.25) is 0 Å². The second kappa shape index (κ2) is 4.75. The molecule has 0 spiro atoms. The lowest BCUT2D eigenvalue weighted by molar-refractivity contribution is -0.137. The summed E-state index contributed by atoms with van der Waals surface area (Å²) >= 11 is 0. The van der Waals surface area contributed by atoms with Crippen molar-refractivity contribution < 1.29 is 19.4 Å². The van der Waals surface area contributed by atoms with E-state index >= 15 is 0 Å². The third-order valence-electron chi connectivity index (χ3n) is 3.06. The zero-order valence-corrected chi connectivity index (χ0v) is 8.78. The summed E-state index contributed by atoms with van der Waals surface area (Å²) in [6.07, 6.45) is 2.50. The molecule has 4 nitrogen and oxygen atoms in total. The van der Waals surface area contributed by atoms with Crippen LogP contribution in [0.3, 0.4) is 0 Å². The number of methoxy groups -OCH3 is 1. The molecule has 1 heterocycles. The summed E-state index contributed by atoms with van der Waals surface area (Å²) in [7, 11) is 1.62. The molecule has 0 aromatic carbocycles. The van der Waals surface area contributed by atoms with E-state index in [1.807, 2.05) is 0 Å². The van der Waals surface area contributed by atoms with E-state index in [9.17, 15) is 4.79 Å². The number of hydrogen-bond donors (Lipinski definition) is 1. The average Bonchev–Trinajstić information content (AvgIpc) is 2.59. The monoisotopic (exact) mass is 202 g/mol. The zero-order valence-electron chi connectivity index (χ0n) is 8.78. The maximum absolute atomic E-state index is 10.5. The van der Waals surface area contributed by atoms with Gasteiger partial charge in [-0.3, -0.25) is 4.79 Å².